The first-order valence-corrected chi connectivity index (χ1v) is 7.85. The van der Waals surface area contributed by atoms with Crippen molar-refractivity contribution in [2.24, 2.45) is 11.7 Å². The summed E-state index contributed by atoms with van der Waals surface area (Å²) >= 11 is 0. The minimum Gasteiger partial charge on any atom is -0.370 e. The lowest BCUT2D eigenvalue weighted by Crippen LogP contribution is -2.11. The van der Waals surface area contributed by atoms with E-state index in [2.05, 4.69) is 55.8 Å². The van der Waals surface area contributed by atoms with Crippen molar-refractivity contribution in [3.05, 3.63) is 36.0 Å². The van der Waals surface area contributed by atoms with Gasteiger partial charge in [0.05, 0.1) is 0 Å². The fourth-order valence-corrected chi connectivity index (χ4v) is 2.81. The molecule has 1 aromatic carbocycles. The van der Waals surface area contributed by atoms with Gasteiger partial charge in [0, 0.05) is 29.6 Å². The van der Waals surface area contributed by atoms with Crippen LogP contribution < -0.4 is 5.73 Å². The van der Waals surface area contributed by atoms with E-state index in [-0.39, 0.29) is 5.91 Å². The second-order valence-corrected chi connectivity index (χ2v) is 6.37. The van der Waals surface area contributed by atoms with Gasteiger partial charge in [0.15, 0.2) is 0 Å². The van der Waals surface area contributed by atoms with Gasteiger partial charge in [-0.3, -0.25) is 4.79 Å². The van der Waals surface area contributed by atoms with Crippen LogP contribution in [0.2, 0.25) is 0 Å². The Morgan fingerprint density at radius 3 is 2.57 bits per heavy atom. The number of carbonyl (C=O) groups excluding carboxylic acids is 1. The maximum Gasteiger partial charge on any atom is 0.217 e. The smallest absolute Gasteiger partial charge is 0.217 e. The van der Waals surface area contributed by atoms with Crippen LogP contribution in [0, 0.1) is 5.92 Å². The summed E-state index contributed by atoms with van der Waals surface area (Å²) in [6.45, 7) is 6.80. The maximum absolute atomic E-state index is 11.0. The van der Waals surface area contributed by atoms with E-state index < -0.39 is 0 Å². The molecule has 0 spiro atoms. The van der Waals surface area contributed by atoms with E-state index in [9.17, 15) is 4.79 Å². The van der Waals surface area contributed by atoms with Crippen LogP contribution in [0.3, 0.4) is 0 Å². The number of benzene rings is 1. The zero-order valence-corrected chi connectivity index (χ0v) is 13.3. The lowest BCUT2D eigenvalue weighted by molar-refractivity contribution is -0.117. The topological polar surface area (TPSA) is 48.0 Å². The highest BCUT2D eigenvalue weighted by molar-refractivity contribution is 5.85. The predicted octanol–water partition coefficient (Wildman–Crippen LogP) is 4.06. The van der Waals surface area contributed by atoms with Gasteiger partial charge in [-0.05, 0) is 43.7 Å². The number of hydrogen-bond donors (Lipinski definition) is 1. The highest BCUT2D eigenvalue weighted by atomic mass is 16.1. The van der Waals surface area contributed by atoms with Gasteiger partial charge in [0.2, 0.25) is 5.91 Å². The largest absolute Gasteiger partial charge is 0.370 e. The Morgan fingerprint density at radius 2 is 1.90 bits per heavy atom. The molecule has 1 atom stereocenters. The second kappa shape index (κ2) is 6.79. The lowest BCUT2D eigenvalue weighted by Gasteiger charge is -2.16. The van der Waals surface area contributed by atoms with E-state index in [1.165, 1.54) is 29.3 Å². The molecule has 1 aromatic heterocycles. The molecule has 0 saturated heterocycles. The summed E-state index contributed by atoms with van der Waals surface area (Å²) in [6, 6.07) is 8.90. The molecule has 0 fully saturated rings. The first-order chi connectivity index (χ1) is 9.99. The molecule has 21 heavy (non-hydrogen) atoms. The third-order valence-electron chi connectivity index (χ3n) is 4.10. The van der Waals surface area contributed by atoms with Crippen molar-refractivity contribution < 1.29 is 4.79 Å². The van der Waals surface area contributed by atoms with E-state index in [1.54, 1.807) is 0 Å². The summed E-state index contributed by atoms with van der Waals surface area (Å²) < 4.78 is 2.36. The minimum atomic E-state index is -0.236. The first kappa shape index (κ1) is 15.6. The van der Waals surface area contributed by atoms with Gasteiger partial charge in [-0.1, -0.05) is 32.0 Å². The number of aromatic nitrogens is 1. The number of aryl methyl sites for hydroxylation is 1. The van der Waals surface area contributed by atoms with Crippen LogP contribution in [0.5, 0.6) is 0 Å². The molecular weight excluding hydrogens is 260 g/mol. The molecule has 0 aliphatic rings. The van der Waals surface area contributed by atoms with Gasteiger partial charge in [-0.25, -0.2) is 0 Å². The minimum absolute atomic E-state index is 0.236. The number of fused-ring (bicyclic) bond motifs is 1. The third-order valence-corrected chi connectivity index (χ3v) is 4.10. The number of para-hydroxylation sites is 1. The molecule has 2 rings (SSSR count). The van der Waals surface area contributed by atoms with Crippen LogP contribution in [0.25, 0.3) is 10.9 Å². The molecule has 1 unspecified atom stereocenters. The third kappa shape index (κ3) is 3.87. The first-order valence-electron chi connectivity index (χ1n) is 7.85. The van der Waals surface area contributed by atoms with Crippen molar-refractivity contribution in [2.75, 3.05) is 0 Å². The number of nitrogens with zero attached hydrogens (tertiary/aromatic N) is 1. The van der Waals surface area contributed by atoms with Crippen LogP contribution in [-0.4, -0.2) is 10.5 Å². The number of amides is 1. The number of primary amides is 1. The fraction of sp³-hybridized carbons (Fsp3) is 0.500. The van der Waals surface area contributed by atoms with Crippen LogP contribution in [0.4, 0.5) is 0 Å². The summed E-state index contributed by atoms with van der Waals surface area (Å²) in [4.78, 5) is 11.0. The van der Waals surface area contributed by atoms with Crippen molar-refractivity contribution in [1.82, 2.24) is 4.57 Å². The predicted molar refractivity (Wildman–Crippen MR) is 88.2 cm³/mol. The molecule has 2 N–H and O–H groups in total. The average Bonchev–Trinajstić information content (AvgIpc) is 2.81. The molecule has 1 heterocycles. The molecule has 2 aromatic rings. The Labute approximate surface area is 127 Å². The highest BCUT2D eigenvalue weighted by Gasteiger charge is 2.13. The molecule has 0 aliphatic heterocycles. The van der Waals surface area contributed by atoms with Gasteiger partial charge in [-0.15, -0.1) is 0 Å². The van der Waals surface area contributed by atoms with E-state index in [4.69, 9.17) is 5.73 Å². The molecule has 0 aliphatic carbocycles. The van der Waals surface area contributed by atoms with E-state index in [0.717, 1.165) is 12.3 Å². The van der Waals surface area contributed by atoms with Gasteiger partial charge in [0.1, 0.15) is 0 Å². The number of carbonyl (C=O) groups is 1. The second-order valence-electron chi connectivity index (χ2n) is 6.37. The van der Waals surface area contributed by atoms with Crippen molar-refractivity contribution in [2.45, 2.75) is 52.5 Å². The average molecular weight is 286 g/mol. The molecule has 0 bridgehead atoms. The van der Waals surface area contributed by atoms with Gasteiger partial charge >= 0.3 is 0 Å². The van der Waals surface area contributed by atoms with E-state index in [0.29, 0.717) is 12.5 Å². The SMILES string of the molecule is CC(C)CCC(C)n1cc(CCC(N)=O)c2ccccc21. The Kier molecular flexibility index (Phi) is 5.05. The summed E-state index contributed by atoms with van der Waals surface area (Å²) in [5, 5.41) is 1.25. The Morgan fingerprint density at radius 1 is 1.19 bits per heavy atom. The fourth-order valence-electron chi connectivity index (χ4n) is 2.81. The zero-order chi connectivity index (χ0) is 15.4. The van der Waals surface area contributed by atoms with Crippen LogP contribution in [0.15, 0.2) is 30.5 Å². The highest BCUT2D eigenvalue weighted by Crippen LogP contribution is 2.28. The lowest BCUT2D eigenvalue weighted by atomic mass is 10.0. The number of hydrogen-bond acceptors (Lipinski definition) is 1. The van der Waals surface area contributed by atoms with Crippen molar-refractivity contribution >= 4 is 16.8 Å². The standard InChI is InChI=1S/C18H26N2O/c1-13(2)8-9-14(3)20-12-15(10-11-18(19)21)16-6-4-5-7-17(16)20/h4-7,12-14H,8-11H2,1-3H3,(H2,19,21). The maximum atomic E-state index is 11.0. The quantitative estimate of drug-likeness (QED) is 0.820. The Hall–Kier alpha value is -1.77. The van der Waals surface area contributed by atoms with E-state index >= 15 is 0 Å². The number of nitrogens with two attached hydrogens (primary N) is 1. The Bertz CT molecular complexity index is 613. The van der Waals surface area contributed by atoms with Gasteiger partial charge < -0.3 is 10.3 Å². The van der Waals surface area contributed by atoms with Crippen LogP contribution in [-0.2, 0) is 11.2 Å². The summed E-state index contributed by atoms with van der Waals surface area (Å²) in [7, 11) is 0. The number of rotatable bonds is 7. The summed E-state index contributed by atoms with van der Waals surface area (Å²) in [6.07, 6.45) is 5.74. The van der Waals surface area contributed by atoms with Crippen LogP contribution in [0.1, 0.15) is 51.6 Å². The normalized spacial score (nSPS) is 13.0. The molecule has 0 saturated carbocycles. The molecule has 3 nitrogen and oxygen atoms in total. The van der Waals surface area contributed by atoms with Gasteiger partial charge in [-0.2, -0.15) is 0 Å². The molecule has 0 radical (unpaired) electrons. The molecule has 1 amide bonds. The Balaban J connectivity index is 2.28. The molecule has 114 valence electrons. The zero-order valence-electron chi connectivity index (χ0n) is 13.3. The van der Waals surface area contributed by atoms with Crippen molar-refractivity contribution in [3.63, 3.8) is 0 Å². The summed E-state index contributed by atoms with van der Waals surface area (Å²) in [5.74, 6) is 0.489. The summed E-state index contributed by atoms with van der Waals surface area (Å²) in [5.41, 5.74) is 7.77. The van der Waals surface area contributed by atoms with E-state index in [1.807, 2.05) is 0 Å². The monoisotopic (exact) mass is 286 g/mol. The van der Waals surface area contributed by atoms with Crippen LogP contribution >= 0.6 is 0 Å². The van der Waals surface area contributed by atoms with Crippen molar-refractivity contribution in [1.29, 1.82) is 0 Å². The molecular formula is C18H26N2O. The molecule has 3 heteroatoms. The van der Waals surface area contributed by atoms with Gasteiger partial charge in [0.25, 0.3) is 0 Å². The van der Waals surface area contributed by atoms with Crippen molar-refractivity contribution in [3.8, 4) is 0 Å².